The molecule has 2 aromatic rings. The van der Waals surface area contributed by atoms with Crippen LogP contribution in [0, 0.1) is 0 Å². The second-order valence-electron chi connectivity index (χ2n) is 12.1. The van der Waals surface area contributed by atoms with E-state index in [1.807, 2.05) is 0 Å². The predicted molar refractivity (Wildman–Crippen MR) is 201 cm³/mol. The monoisotopic (exact) mass is 799 g/mol. The molecule has 0 aliphatic carbocycles. The van der Waals surface area contributed by atoms with Crippen molar-refractivity contribution in [1.82, 2.24) is 35.5 Å². The van der Waals surface area contributed by atoms with Gasteiger partial charge in [0.25, 0.3) is 0 Å². The van der Waals surface area contributed by atoms with Crippen LogP contribution in [0.5, 0.6) is 0 Å². The van der Waals surface area contributed by atoms with E-state index in [2.05, 4.69) is 61.6 Å². The summed E-state index contributed by atoms with van der Waals surface area (Å²) in [5, 5.41) is 25.2. The second kappa shape index (κ2) is 24.9. The van der Waals surface area contributed by atoms with E-state index in [1.165, 1.54) is 32.3 Å². The van der Waals surface area contributed by atoms with E-state index in [9.17, 15) is 19.2 Å². The molecule has 0 aliphatic rings. The minimum absolute atomic E-state index is 0.0458. The van der Waals surface area contributed by atoms with E-state index < -0.39 is 47.4 Å². The first-order valence-corrected chi connectivity index (χ1v) is 16.8. The third-order valence-electron chi connectivity index (χ3n) is 5.65. The molecule has 2 amide bonds. The summed E-state index contributed by atoms with van der Waals surface area (Å²) in [5.74, 6) is -2.24. The number of hydrogen-bond acceptors (Lipinski definition) is 15. The van der Waals surface area contributed by atoms with Crippen LogP contribution in [0.3, 0.4) is 0 Å². The normalized spacial score (nSPS) is 11.8. The van der Waals surface area contributed by atoms with E-state index in [0.29, 0.717) is 0 Å². The number of carboxylic acid groups (broad SMARTS) is 2. The molecule has 0 radical (unpaired) electrons. The average Bonchev–Trinajstić information content (AvgIpc) is 3.02. The number of halogens is 3. The van der Waals surface area contributed by atoms with Crippen molar-refractivity contribution in [2.24, 2.45) is 5.73 Å². The van der Waals surface area contributed by atoms with Crippen molar-refractivity contribution in [1.29, 1.82) is 0 Å². The number of aliphatic carboxylic acids is 2. The molecule has 0 saturated carbocycles. The summed E-state index contributed by atoms with van der Waals surface area (Å²) in [5.41, 5.74) is 15.0. The van der Waals surface area contributed by atoms with Gasteiger partial charge in [0.1, 0.15) is 47.3 Å². The first kappa shape index (κ1) is 49.9. The van der Waals surface area contributed by atoms with E-state index in [1.54, 1.807) is 41.5 Å². The molecule has 2 heterocycles. The Balaban J connectivity index is 0. The summed E-state index contributed by atoms with van der Waals surface area (Å²) in [6.45, 7) is 19.9. The molecule has 0 unspecified atom stereocenters. The van der Waals surface area contributed by atoms with Crippen molar-refractivity contribution in [3.8, 4) is 0 Å². The van der Waals surface area contributed by atoms with Crippen LogP contribution in [-0.2, 0) is 19.1 Å². The van der Waals surface area contributed by atoms with Gasteiger partial charge < -0.3 is 57.7 Å². The number of carbonyl (C=O) groups is 4. The third kappa shape index (κ3) is 23.3. The topological polar surface area (TPSA) is 296 Å². The first-order chi connectivity index (χ1) is 23.9. The summed E-state index contributed by atoms with van der Waals surface area (Å²) >= 11 is 16.6. The minimum atomic E-state index is -1.24. The minimum Gasteiger partial charge on any atom is -0.480 e. The second-order valence-corrected chi connectivity index (χ2v) is 13.2. The third-order valence-corrected chi connectivity index (χ3v) is 6.55. The zero-order valence-corrected chi connectivity index (χ0v) is 33.1. The maximum Gasteiger partial charge on any atom is 0.408 e. The molecule has 19 nitrogen and oxygen atoms in total. The maximum atomic E-state index is 11.6. The first-order valence-electron chi connectivity index (χ1n) is 15.7. The number of aromatic nitrogens is 4. The van der Waals surface area contributed by atoms with Gasteiger partial charge in [-0.05, 0) is 61.2 Å². The summed E-state index contributed by atoms with van der Waals surface area (Å²) < 4.78 is 9.85. The number of rotatable bonds is 11. The molecule has 0 aliphatic heterocycles. The molecule has 52 heavy (non-hydrogen) atoms. The average molecular weight is 801 g/mol. The van der Waals surface area contributed by atoms with E-state index in [4.69, 9.17) is 71.7 Å². The van der Waals surface area contributed by atoms with Crippen molar-refractivity contribution in [2.45, 2.75) is 85.6 Å². The Labute approximate surface area is 318 Å². The molecular weight excluding hydrogens is 749 g/mol. The zero-order chi connectivity index (χ0) is 40.8. The van der Waals surface area contributed by atoms with Crippen molar-refractivity contribution in [3.63, 3.8) is 0 Å². The molecule has 0 saturated heterocycles. The van der Waals surface area contributed by atoms with E-state index >= 15 is 0 Å². The zero-order valence-electron chi connectivity index (χ0n) is 30.8. The number of ether oxygens (including phenoxy) is 2. The smallest absolute Gasteiger partial charge is 0.408 e. The number of nitrogens with two attached hydrogens (primary N) is 3. The fourth-order valence-electron chi connectivity index (χ4n) is 3.06. The lowest BCUT2D eigenvalue weighted by Gasteiger charge is -2.22. The van der Waals surface area contributed by atoms with Gasteiger partial charge in [-0.3, -0.25) is 0 Å². The number of amides is 2. The lowest BCUT2D eigenvalue weighted by Crippen LogP contribution is -2.47. The maximum absolute atomic E-state index is 11.6. The summed E-state index contributed by atoms with van der Waals surface area (Å²) in [4.78, 5) is 61.4. The Bertz CT molecular complexity index is 1380. The van der Waals surface area contributed by atoms with Gasteiger partial charge in [-0.1, -0.05) is 55.6 Å². The van der Waals surface area contributed by atoms with Gasteiger partial charge in [-0.2, -0.15) is 0 Å². The highest BCUT2D eigenvalue weighted by Gasteiger charge is 2.25. The Morgan fingerprint density at radius 3 is 1.40 bits per heavy atom. The standard InChI is InChI=1S/C12H18ClN5O4.C8H16N2O4.C6H15N.C4H3Cl2N3/c1-12(2,3)22-11(21)18-6(10(19)20)4-15-9-7(14)8(13)16-5-17-9;1-8(2,3)14-7(13)10-5(4-9)6(11)12;1-4-7(5-2)6-3;5-3-2(7)4(6)9-1-8-3/h5-6H,4,14H2,1-3H3,(H,18,21)(H,19,20)(H,15,16,17);5H,4,9H2,1-3H3,(H,10,13)(H,11,12);4-6H2,1-3H3;1H,7H2/t6-;5-;;/m00../s1. The Hall–Kier alpha value is -4.17. The highest BCUT2D eigenvalue weighted by atomic mass is 35.5. The van der Waals surface area contributed by atoms with Crippen LogP contribution in [0.2, 0.25) is 15.5 Å². The summed E-state index contributed by atoms with van der Waals surface area (Å²) in [6.07, 6.45) is 0.810. The van der Waals surface area contributed by atoms with Crippen molar-refractivity contribution in [3.05, 3.63) is 28.1 Å². The van der Waals surface area contributed by atoms with Crippen LogP contribution in [-0.4, -0.2) is 115 Å². The van der Waals surface area contributed by atoms with Crippen LogP contribution in [0.25, 0.3) is 0 Å². The fraction of sp³-hybridized carbons (Fsp3) is 0.600. The highest BCUT2D eigenvalue weighted by Crippen LogP contribution is 2.22. The lowest BCUT2D eigenvalue weighted by atomic mass is 10.2. The van der Waals surface area contributed by atoms with Crippen LogP contribution in [0.4, 0.5) is 26.8 Å². The number of carboxylic acids is 2. The van der Waals surface area contributed by atoms with Crippen molar-refractivity contribution >= 4 is 76.1 Å². The fourth-order valence-corrected chi connectivity index (χ4v) is 3.51. The lowest BCUT2D eigenvalue weighted by molar-refractivity contribution is -0.140. The number of hydrogen-bond donors (Lipinski definition) is 8. The van der Waals surface area contributed by atoms with Gasteiger partial charge in [-0.25, -0.2) is 39.1 Å². The molecule has 11 N–H and O–H groups in total. The summed E-state index contributed by atoms with van der Waals surface area (Å²) in [6, 6.07) is -2.34. The Kier molecular flexibility index (Phi) is 23.9. The number of carbonyl (C=O) groups excluding carboxylic acids is 2. The van der Waals surface area contributed by atoms with Crippen LogP contribution in [0.15, 0.2) is 12.7 Å². The highest BCUT2D eigenvalue weighted by molar-refractivity contribution is 6.37. The number of anilines is 3. The number of nitrogen functional groups attached to an aromatic ring is 2. The van der Waals surface area contributed by atoms with Gasteiger partial charge >= 0.3 is 24.1 Å². The Morgan fingerprint density at radius 2 is 1.10 bits per heavy atom. The predicted octanol–water partition coefficient (Wildman–Crippen LogP) is 3.74. The molecule has 2 aromatic heterocycles. The molecule has 0 bridgehead atoms. The van der Waals surface area contributed by atoms with Gasteiger partial charge in [0.05, 0.1) is 0 Å². The molecule has 22 heteroatoms. The van der Waals surface area contributed by atoms with Gasteiger partial charge in [0, 0.05) is 13.1 Å². The molecule has 2 rings (SSSR count). The molecular formula is C30H52Cl3N11O8. The van der Waals surface area contributed by atoms with Gasteiger partial charge in [0.2, 0.25) is 0 Å². The molecule has 2 atom stereocenters. The quantitative estimate of drug-likeness (QED) is 0.150. The van der Waals surface area contributed by atoms with Crippen LogP contribution >= 0.6 is 34.8 Å². The SMILES string of the molecule is CC(C)(C)OC(=O)N[C@@H](CN)C(=O)O.CC(C)(C)OC(=O)N[C@@H](CNc1ncnc(Cl)c1N)C(=O)O.CCN(CC)CC.Nc1c(Cl)ncnc1Cl. The van der Waals surface area contributed by atoms with Crippen molar-refractivity contribution in [2.75, 3.05) is 49.5 Å². The molecule has 0 fully saturated rings. The van der Waals surface area contributed by atoms with Gasteiger partial charge in [-0.15, -0.1) is 0 Å². The molecule has 0 aromatic carbocycles. The van der Waals surface area contributed by atoms with Crippen molar-refractivity contribution < 1.29 is 38.9 Å². The number of alkyl carbamates (subject to hydrolysis) is 2. The number of nitrogens with one attached hydrogen (secondary N) is 3. The molecule has 296 valence electrons. The Morgan fingerprint density at radius 1 is 0.731 bits per heavy atom. The molecule has 0 spiro atoms. The van der Waals surface area contributed by atoms with Crippen LogP contribution in [0.1, 0.15) is 62.3 Å². The number of nitrogens with zero attached hydrogens (tertiary/aromatic N) is 5. The van der Waals surface area contributed by atoms with E-state index in [-0.39, 0.29) is 45.7 Å². The van der Waals surface area contributed by atoms with E-state index in [0.717, 1.165) is 0 Å². The summed E-state index contributed by atoms with van der Waals surface area (Å²) in [7, 11) is 0. The largest absolute Gasteiger partial charge is 0.480 e. The van der Waals surface area contributed by atoms with Gasteiger partial charge in [0.15, 0.2) is 21.3 Å². The van der Waals surface area contributed by atoms with Crippen LogP contribution < -0.4 is 33.2 Å².